The number of unbranched alkanes of at least 4 members (excludes halogenated alkanes) is 6. The Morgan fingerprint density at radius 2 is 1.71 bits per heavy atom. The summed E-state index contributed by atoms with van der Waals surface area (Å²) in [6.07, 6.45) is 12.4. The first-order valence-electron chi connectivity index (χ1n) is 8.55. The minimum Gasteiger partial charge on any atom is -0.327 e. The Kier molecular flexibility index (Phi) is 9.25. The van der Waals surface area contributed by atoms with Crippen molar-refractivity contribution >= 4 is 15.9 Å². The second-order valence-corrected chi connectivity index (χ2v) is 6.85. The van der Waals surface area contributed by atoms with Crippen LogP contribution < -0.4 is 5.73 Å². The lowest BCUT2D eigenvalue weighted by Gasteiger charge is -2.12. The van der Waals surface area contributed by atoms with Gasteiger partial charge in [-0.25, -0.2) is 0 Å². The minimum absolute atomic E-state index is 0.247. The summed E-state index contributed by atoms with van der Waals surface area (Å²) in [4.78, 5) is 0. The molecule has 0 fully saturated rings. The van der Waals surface area contributed by atoms with Crippen LogP contribution in [0.5, 0.6) is 0 Å². The second-order valence-electron chi connectivity index (χ2n) is 6.06. The van der Waals surface area contributed by atoms with Crippen LogP contribution in [-0.2, 0) is 19.9 Å². The summed E-state index contributed by atoms with van der Waals surface area (Å²) < 4.78 is 3.13. The van der Waals surface area contributed by atoms with E-state index in [1.807, 2.05) is 11.7 Å². The first-order chi connectivity index (χ1) is 10.1. The van der Waals surface area contributed by atoms with Gasteiger partial charge < -0.3 is 5.73 Å². The topological polar surface area (TPSA) is 43.8 Å². The highest BCUT2D eigenvalue weighted by atomic mass is 79.9. The summed E-state index contributed by atoms with van der Waals surface area (Å²) in [7, 11) is 2.01. The van der Waals surface area contributed by atoms with Gasteiger partial charge in [-0.15, -0.1) is 0 Å². The maximum absolute atomic E-state index is 6.29. The third-order valence-corrected chi connectivity index (χ3v) is 5.05. The molecule has 2 N–H and O–H groups in total. The zero-order valence-corrected chi connectivity index (χ0v) is 15.6. The molecular weight excluding hydrogens is 326 g/mol. The first kappa shape index (κ1) is 18.7. The van der Waals surface area contributed by atoms with Crippen molar-refractivity contribution in [2.45, 2.75) is 84.1 Å². The van der Waals surface area contributed by atoms with Gasteiger partial charge in [0.1, 0.15) is 0 Å². The number of hydrogen-bond donors (Lipinski definition) is 1. The van der Waals surface area contributed by atoms with Crippen molar-refractivity contribution in [2.75, 3.05) is 0 Å². The molecule has 0 aliphatic carbocycles. The number of nitrogens with zero attached hydrogens (tertiary/aromatic N) is 2. The van der Waals surface area contributed by atoms with Crippen molar-refractivity contribution in [3.05, 3.63) is 15.9 Å². The lowest BCUT2D eigenvalue weighted by molar-refractivity contribution is 0.517. The Bertz CT molecular complexity index is 401. The lowest BCUT2D eigenvalue weighted by atomic mass is 10.0. The van der Waals surface area contributed by atoms with Crippen LogP contribution in [0.25, 0.3) is 0 Å². The fourth-order valence-electron chi connectivity index (χ4n) is 2.76. The van der Waals surface area contributed by atoms with Crippen LogP contribution in [0.4, 0.5) is 0 Å². The molecule has 0 saturated carbocycles. The summed E-state index contributed by atoms with van der Waals surface area (Å²) in [5.74, 6) is 0. The highest BCUT2D eigenvalue weighted by Crippen LogP contribution is 2.23. The van der Waals surface area contributed by atoms with E-state index in [9.17, 15) is 0 Å². The third kappa shape index (κ3) is 6.52. The zero-order valence-electron chi connectivity index (χ0n) is 14.0. The van der Waals surface area contributed by atoms with Gasteiger partial charge in [0.25, 0.3) is 0 Å². The van der Waals surface area contributed by atoms with Crippen molar-refractivity contribution in [3.8, 4) is 0 Å². The molecule has 0 aromatic carbocycles. The molecule has 21 heavy (non-hydrogen) atoms. The molecule has 0 bridgehead atoms. The largest absolute Gasteiger partial charge is 0.327 e. The molecule has 0 aliphatic rings. The highest BCUT2D eigenvalue weighted by Gasteiger charge is 2.15. The van der Waals surface area contributed by atoms with E-state index in [4.69, 9.17) is 5.73 Å². The number of aromatic nitrogens is 2. The van der Waals surface area contributed by atoms with E-state index in [1.54, 1.807) is 0 Å². The Labute approximate surface area is 138 Å². The standard InChI is InChI=1S/C17H32BrN3/c1-4-6-7-8-9-10-11-12-14(19)13-16-17(18)15(5-2)20-21(16)3/h14H,4-13,19H2,1-3H3. The van der Waals surface area contributed by atoms with E-state index in [2.05, 4.69) is 34.9 Å². The monoisotopic (exact) mass is 357 g/mol. The van der Waals surface area contributed by atoms with E-state index >= 15 is 0 Å². The van der Waals surface area contributed by atoms with Gasteiger partial charge in [0.05, 0.1) is 15.9 Å². The van der Waals surface area contributed by atoms with Crippen molar-refractivity contribution in [2.24, 2.45) is 12.8 Å². The number of nitrogens with two attached hydrogens (primary N) is 1. The van der Waals surface area contributed by atoms with Gasteiger partial charge in [0, 0.05) is 19.5 Å². The normalized spacial score (nSPS) is 12.8. The maximum Gasteiger partial charge on any atom is 0.0766 e. The molecule has 122 valence electrons. The van der Waals surface area contributed by atoms with E-state index < -0.39 is 0 Å². The van der Waals surface area contributed by atoms with E-state index in [0.717, 1.165) is 29.4 Å². The van der Waals surface area contributed by atoms with E-state index in [1.165, 1.54) is 50.6 Å². The SMILES string of the molecule is CCCCCCCCCC(N)Cc1c(Br)c(CC)nn1C. The van der Waals surface area contributed by atoms with Gasteiger partial charge >= 0.3 is 0 Å². The Morgan fingerprint density at radius 1 is 1.10 bits per heavy atom. The quantitative estimate of drug-likeness (QED) is 0.580. The molecule has 0 radical (unpaired) electrons. The van der Waals surface area contributed by atoms with E-state index in [-0.39, 0.29) is 6.04 Å². The second kappa shape index (κ2) is 10.4. The van der Waals surface area contributed by atoms with Gasteiger partial charge in [-0.1, -0.05) is 58.8 Å². The molecule has 1 atom stereocenters. The molecule has 0 aliphatic heterocycles. The van der Waals surface area contributed by atoms with Crippen LogP contribution in [0.1, 0.15) is 76.6 Å². The van der Waals surface area contributed by atoms with Gasteiger partial charge in [0.2, 0.25) is 0 Å². The number of halogens is 1. The van der Waals surface area contributed by atoms with Crippen molar-refractivity contribution in [1.82, 2.24) is 9.78 Å². The summed E-state index contributed by atoms with van der Waals surface area (Å²) in [5.41, 5.74) is 8.67. The predicted octanol–water partition coefficient (Wildman–Crippen LogP) is 4.76. The number of hydrogen-bond acceptors (Lipinski definition) is 2. The zero-order chi connectivity index (χ0) is 15.7. The Hall–Kier alpha value is -0.350. The van der Waals surface area contributed by atoms with Crippen molar-refractivity contribution < 1.29 is 0 Å². The summed E-state index contributed by atoms with van der Waals surface area (Å²) in [5, 5.41) is 4.53. The van der Waals surface area contributed by atoms with Gasteiger partial charge in [-0.2, -0.15) is 5.10 Å². The van der Waals surface area contributed by atoms with E-state index in [0.29, 0.717) is 0 Å². The lowest BCUT2D eigenvalue weighted by Crippen LogP contribution is -2.24. The molecule has 4 heteroatoms. The molecule has 1 unspecified atom stereocenters. The molecule has 1 aromatic heterocycles. The average Bonchev–Trinajstić information content (AvgIpc) is 2.73. The molecule has 1 rings (SSSR count). The van der Waals surface area contributed by atoms with Crippen LogP contribution >= 0.6 is 15.9 Å². The Balaban J connectivity index is 2.25. The fraction of sp³-hybridized carbons (Fsp3) is 0.824. The molecule has 3 nitrogen and oxygen atoms in total. The molecular formula is C17H32BrN3. The Morgan fingerprint density at radius 3 is 2.29 bits per heavy atom. The maximum atomic E-state index is 6.29. The van der Waals surface area contributed by atoms with Gasteiger partial charge in [-0.05, 0) is 28.8 Å². The van der Waals surface area contributed by atoms with Crippen LogP contribution in [0, 0.1) is 0 Å². The summed E-state index contributed by atoms with van der Waals surface area (Å²) in [6, 6.07) is 0.247. The van der Waals surface area contributed by atoms with Crippen LogP contribution in [0.2, 0.25) is 0 Å². The highest BCUT2D eigenvalue weighted by molar-refractivity contribution is 9.10. The van der Waals surface area contributed by atoms with Gasteiger partial charge in [-0.3, -0.25) is 4.68 Å². The summed E-state index contributed by atoms with van der Waals surface area (Å²) in [6.45, 7) is 4.40. The molecule has 0 spiro atoms. The predicted molar refractivity (Wildman–Crippen MR) is 94.6 cm³/mol. The first-order valence-corrected chi connectivity index (χ1v) is 9.35. The number of rotatable bonds is 11. The van der Waals surface area contributed by atoms with Crippen LogP contribution in [-0.4, -0.2) is 15.8 Å². The molecule has 1 heterocycles. The fourth-order valence-corrected chi connectivity index (χ4v) is 3.53. The average molecular weight is 358 g/mol. The summed E-state index contributed by atoms with van der Waals surface area (Å²) >= 11 is 3.67. The third-order valence-electron chi connectivity index (χ3n) is 4.14. The minimum atomic E-state index is 0.247. The van der Waals surface area contributed by atoms with Crippen molar-refractivity contribution in [1.29, 1.82) is 0 Å². The molecule has 1 aromatic rings. The van der Waals surface area contributed by atoms with Crippen molar-refractivity contribution in [3.63, 3.8) is 0 Å². The van der Waals surface area contributed by atoms with Gasteiger partial charge in [0.15, 0.2) is 0 Å². The van der Waals surface area contributed by atoms with Crippen LogP contribution in [0.3, 0.4) is 0 Å². The number of aryl methyl sites for hydroxylation is 2. The van der Waals surface area contributed by atoms with Crippen LogP contribution in [0.15, 0.2) is 4.47 Å². The smallest absolute Gasteiger partial charge is 0.0766 e. The molecule has 0 amide bonds. The molecule has 0 saturated heterocycles.